The van der Waals surface area contributed by atoms with Crippen molar-refractivity contribution < 1.29 is 4.79 Å². The van der Waals surface area contributed by atoms with Crippen LogP contribution in [0.4, 0.5) is 0 Å². The number of amides is 1. The standard InChI is InChI=1S/C12H15N3O2/c13-12-3-1-8(12)6-15(7-12)11(17)10-5-9(16)2-4-14-10/h2,4-5,8H,1,3,6-7,13H2,(H,14,16)/t8-,12-/m0/s1. The number of fused-ring (bicyclic) bond motifs is 1. The van der Waals surface area contributed by atoms with E-state index in [1.807, 2.05) is 0 Å². The van der Waals surface area contributed by atoms with Crippen molar-refractivity contribution in [3.8, 4) is 0 Å². The third-order valence-electron chi connectivity index (χ3n) is 3.99. The van der Waals surface area contributed by atoms with Crippen LogP contribution in [0.2, 0.25) is 0 Å². The molecule has 1 saturated carbocycles. The van der Waals surface area contributed by atoms with E-state index in [0.717, 1.165) is 12.8 Å². The number of carbonyl (C=O) groups excluding carboxylic acids is 1. The van der Waals surface area contributed by atoms with E-state index in [1.165, 1.54) is 18.3 Å². The number of nitrogens with one attached hydrogen (secondary N) is 1. The minimum Gasteiger partial charge on any atom is -0.357 e. The number of nitrogens with zero attached hydrogens (tertiary/aromatic N) is 1. The molecule has 1 aromatic heterocycles. The van der Waals surface area contributed by atoms with Gasteiger partial charge in [0.05, 0.1) is 0 Å². The summed E-state index contributed by atoms with van der Waals surface area (Å²) >= 11 is 0. The Morgan fingerprint density at radius 2 is 2.41 bits per heavy atom. The van der Waals surface area contributed by atoms with Crippen LogP contribution in [-0.4, -0.2) is 34.4 Å². The van der Waals surface area contributed by atoms with E-state index in [-0.39, 0.29) is 16.9 Å². The number of aromatic amines is 1. The summed E-state index contributed by atoms with van der Waals surface area (Å²) in [6.45, 7) is 1.32. The van der Waals surface area contributed by atoms with Crippen LogP contribution in [0.25, 0.3) is 0 Å². The lowest BCUT2D eigenvalue weighted by Gasteiger charge is -2.39. The van der Waals surface area contributed by atoms with E-state index >= 15 is 0 Å². The molecule has 90 valence electrons. The summed E-state index contributed by atoms with van der Waals surface area (Å²) in [6.07, 6.45) is 3.59. The fraction of sp³-hybridized carbons (Fsp3) is 0.500. The number of rotatable bonds is 1. The molecule has 2 atom stereocenters. The molecule has 2 heterocycles. The molecule has 2 aliphatic rings. The number of H-pyrrole nitrogens is 1. The van der Waals surface area contributed by atoms with Gasteiger partial charge in [-0.25, -0.2) is 0 Å². The highest BCUT2D eigenvalue weighted by atomic mass is 16.2. The van der Waals surface area contributed by atoms with Crippen molar-refractivity contribution in [2.45, 2.75) is 18.4 Å². The average Bonchev–Trinajstić information content (AvgIpc) is 2.53. The number of likely N-dealkylation sites (tertiary alicyclic amines) is 1. The van der Waals surface area contributed by atoms with Crippen molar-refractivity contribution in [1.82, 2.24) is 9.88 Å². The van der Waals surface area contributed by atoms with Crippen LogP contribution < -0.4 is 11.2 Å². The van der Waals surface area contributed by atoms with Crippen molar-refractivity contribution in [3.63, 3.8) is 0 Å². The van der Waals surface area contributed by atoms with E-state index in [9.17, 15) is 9.59 Å². The van der Waals surface area contributed by atoms with Gasteiger partial charge in [0.2, 0.25) is 0 Å². The van der Waals surface area contributed by atoms with E-state index in [2.05, 4.69) is 4.98 Å². The second-order valence-corrected chi connectivity index (χ2v) is 5.09. The molecule has 1 aliphatic carbocycles. The van der Waals surface area contributed by atoms with Crippen molar-refractivity contribution in [2.75, 3.05) is 13.1 Å². The molecule has 1 amide bonds. The van der Waals surface area contributed by atoms with Gasteiger partial charge in [0.15, 0.2) is 5.43 Å². The van der Waals surface area contributed by atoms with Gasteiger partial charge in [-0.1, -0.05) is 0 Å². The summed E-state index contributed by atoms with van der Waals surface area (Å²) < 4.78 is 0. The summed E-state index contributed by atoms with van der Waals surface area (Å²) in [4.78, 5) is 27.9. The highest BCUT2D eigenvalue weighted by molar-refractivity contribution is 5.92. The Labute approximate surface area is 98.6 Å². The Morgan fingerprint density at radius 3 is 2.94 bits per heavy atom. The first kappa shape index (κ1) is 10.5. The van der Waals surface area contributed by atoms with Gasteiger partial charge in [0.1, 0.15) is 5.69 Å². The number of pyridine rings is 1. The van der Waals surface area contributed by atoms with Crippen molar-refractivity contribution >= 4 is 5.91 Å². The second kappa shape index (κ2) is 3.43. The minimum atomic E-state index is -0.176. The van der Waals surface area contributed by atoms with Gasteiger partial charge in [-0.05, 0) is 18.8 Å². The zero-order valence-corrected chi connectivity index (χ0v) is 9.48. The molecule has 0 bridgehead atoms. The molecule has 1 saturated heterocycles. The monoisotopic (exact) mass is 233 g/mol. The van der Waals surface area contributed by atoms with Crippen molar-refractivity contribution in [3.05, 3.63) is 34.2 Å². The van der Waals surface area contributed by atoms with Crippen LogP contribution in [0.15, 0.2) is 23.1 Å². The lowest BCUT2D eigenvalue weighted by atomic mass is 9.70. The average molecular weight is 233 g/mol. The Morgan fingerprint density at radius 1 is 1.59 bits per heavy atom. The highest BCUT2D eigenvalue weighted by Crippen LogP contribution is 2.42. The van der Waals surface area contributed by atoms with Crippen LogP contribution in [0.3, 0.4) is 0 Å². The summed E-state index contributed by atoms with van der Waals surface area (Å²) in [5, 5.41) is 0. The van der Waals surface area contributed by atoms with Crippen LogP contribution >= 0.6 is 0 Å². The fourth-order valence-electron chi connectivity index (χ4n) is 2.78. The quantitative estimate of drug-likeness (QED) is 0.713. The molecule has 2 fully saturated rings. The predicted octanol–water partition coefficient (Wildman–Crippen LogP) is -0.0618. The van der Waals surface area contributed by atoms with Crippen LogP contribution in [0.5, 0.6) is 0 Å². The molecule has 3 rings (SSSR count). The minimum absolute atomic E-state index is 0.123. The fourth-order valence-corrected chi connectivity index (χ4v) is 2.78. The summed E-state index contributed by atoms with van der Waals surface area (Å²) in [7, 11) is 0. The third kappa shape index (κ3) is 1.58. The van der Waals surface area contributed by atoms with Crippen molar-refractivity contribution in [2.24, 2.45) is 11.7 Å². The Bertz CT molecular complexity index is 524. The Kier molecular flexibility index (Phi) is 2.13. The molecule has 3 N–H and O–H groups in total. The molecule has 0 aromatic carbocycles. The molecule has 5 nitrogen and oxygen atoms in total. The van der Waals surface area contributed by atoms with Gasteiger partial charge in [-0.2, -0.15) is 0 Å². The normalized spacial score (nSPS) is 30.9. The molecule has 1 aliphatic heterocycles. The Hall–Kier alpha value is -1.62. The van der Waals surface area contributed by atoms with Crippen LogP contribution in [0.1, 0.15) is 23.3 Å². The first-order valence-electron chi connectivity index (χ1n) is 5.85. The molecule has 5 heteroatoms. The van der Waals surface area contributed by atoms with Gasteiger partial charge < -0.3 is 15.6 Å². The number of hydrogen-bond acceptors (Lipinski definition) is 3. The third-order valence-corrected chi connectivity index (χ3v) is 3.99. The summed E-state index contributed by atoms with van der Waals surface area (Å²) in [5.41, 5.74) is 6.20. The smallest absolute Gasteiger partial charge is 0.270 e. The first-order chi connectivity index (χ1) is 8.08. The topological polar surface area (TPSA) is 79.2 Å². The maximum absolute atomic E-state index is 12.2. The highest BCUT2D eigenvalue weighted by Gasteiger charge is 2.51. The molecule has 0 radical (unpaired) electrons. The zero-order valence-electron chi connectivity index (χ0n) is 9.48. The van der Waals surface area contributed by atoms with Crippen LogP contribution in [-0.2, 0) is 0 Å². The summed E-state index contributed by atoms with van der Waals surface area (Å²) in [5.74, 6) is 0.309. The SMILES string of the molecule is N[C@]12CC[C@H]1CN(C(=O)c1cc(=O)cc[nH]1)C2. The second-order valence-electron chi connectivity index (χ2n) is 5.09. The van der Waals surface area contributed by atoms with Gasteiger partial charge in [0, 0.05) is 37.0 Å². The van der Waals surface area contributed by atoms with Gasteiger partial charge in [-0.15, -0.1) is 0 Å². The van der Waals surface area contributed by atoms with Crippen molar-refractivity contribution in [1.29, 1.82) is 0 Å². The van der Waals surface area contributed by atoms with Gasteiger partial charge in [-0.3, -0.25) is 9.59 Å². The largest absolute Gasteiger partial charge is 0.357 e. The molecular formula is C12H15N3O2. The molecule has 0 unspecified atom stereocenters. The van der Waals surface area contributed by atoms with Crippen LogP contribution in [0, 0.1) is 5.92 Å². The predicted molar refractivity (Wildman–Crippen MR) is 62.6 cm³/mol. The number of hydrogen-bond donors (Lipinski definition) is 2. The maximum Gasteiger partial charge on any atom is 0.270 e. The van der Waals surface area contributed by atoms with E-state index in [4.69, 9.17) is 5.73 Å². The van der Waals surface area contributed by atoms with E-state index in [1.54, 1.807) is 4.90 Å². The number of aromatic nitrogens is 1. The molecule has 17 heavy (non-hydrogen) atoms. The lowest BCUT2D eigenvalue weighted by Crippen LogP contribution is -2.54. The van der Waals surface area contributed by atoms with E-state index in [0.29, 0.717) is 24.7 Å². The lowest BCUT2D eigenvalue weighted by molar-refractivity contribution is 0.0779. The number of nitrogens with two attached hydrogens (primary N) is 1. The first-order valence-corrected chi connectivity index (χ1v) is 5.85. The molecule has 1 aromatic rings. The van der Waals surface area contributed by atoms with Gasteiger partial charge in [0.25, 0.3) is 5.91 Å². The molecular weight excluding hydrogens is 218 g/mol. The summed E-state index contributed by atoms with van der Waals surface area (Å²) in [6, 6.07) is 2.74. The van der Waals surface area contributed by atoms with Gasteiger partial charge >= 0.3 is 0 Å². The Balaban J connectivity index is 1.82. The maximum atomic E-state index is 12.2. The number of carbonyl (C=O) groups is 1. The zero-order chi connectivity index (χ0) is 12.0. The van der Waals surface area contributed by atoms with E-state index < -0.39 is 0 Å². The molecule has 0 spiro atoms.